The van der Waals surface area contributed by atoms with E-state index in [2.05, 4.69) is 89.7 Å². The fourth-order valence-electron chi connectivity index (χ4n) is 7.41. The zero-order chi connectivity index (χ0) is 23.1. The first-order chi connectivity index (χ1) is 16.7. The lowest BCUT2D eigenvalue weighted by Crippen LogP contribution is -2.61. The third-order valence-electron chi connectivity index (χ3n) is 9.06. The molecule has 2 aliphatic carbocycles. The van der Waals surface area contributed by atoms with E-state index in [9.17, 15) is 0 Å². The molecule has 0 N–H and O–H groups in total. The lowest BCUT2D eigenvalue weighted by Gasteiger charge is -2.38. The van der Waals surface area contributed by atoms with Crippen molar-refractivity contribution >= 4 is 6.08 Å². The Bertz CT molecular complexity index is 1190. The summed E-state index contributed by atoms with van der Waals surface area (Å²) in [6.45, 7) is 4.63. The van der Waals surface area contributed by atoms with Gasteiger partial charge in [-0.25, -0.2) is 4.57 Å². The molecule has 1 aliphatic heterocycles. The number of aromatic nitrogens is 2. The predicted octanol–water partition coefficient (Wildman–Crippen LogP) is 7.78. The van der Waals surface area contributed by atoms with Crippen molar-refractivity contribution in [2.24, 2.45) is 5.92 Å². The Hall–Kier alpha value is -2.61. The summed E-state index contributed by atoms with van der Waals surface area (Å²) in [6.07, 6.45) is 18.5. The van der Waals surface area contributed by atoms with Gasteiger partial charge in [0.15, 0.2) is 16.9 Å². The monoisotopic (exact) mass is 451 g/mol. The van der Waals surface area contributed by atoms with Crippen molar-refractivity contribution in [3.63, 3.8) is 0 Å². The van der Waals surface area contributed by atoms with Crippen LogP contribution in [0.4, 0.5) is 0 Å². The highest BCUT2D eigenvalue weighted by Crippen LogP contribution is 2.46. The summed E-state index contributed by atoms with van der Waals surface area (Å²) < 4.78 is 5.50. The lowest BCUT2D eigenvalue weighted by atomic mass is 9.71. The van der Waals surface area contributed by atoms with Crippen molar-refractivity contribution < 1.29 is 4.57 Å². The van der Waals surface area contributed by atoms with Gasteiger partial charge in [0.05, 0.1) is 5.92 Å². The maximum atomic E-state index is 2.84. The van der Waals surface area contributed by atoms with Crippen LogP contribution < -0.4 is 4.57 Å². The van der Waals surface area contributed by atoms with E-state index in [0.717, 1.165) is 0 Å². The molecule has 1 aromatic heterocycles. The number of aryl methyl sites for hydroxylation is 1. The van der Waals surface area contributed by atoms with E-state index in [1.807, 2.05) is 0 Å². The van der Waals surface area contributed by atoms with Crippen LogP contribution in [0.3, 0.4) is 0 Å². The summed E-state index contributed by atoms with van der Waals surface area (Å²) in [4.78, 5) is 0. The Morgan fingerprint density at radius 2 is 1.41 bits per heavy atom. The Balaban J connectivity index is 1.66. The molecule has 2 nitrogen and oxygen atoms in total. The van der Waals surface area contributed by atoms with E-state index in [0.29, 0.717) is 11.8 Å². The van der Waals surface area contributed by atoms with Crippen LogP contribution in [-0.4, -0.2) is 4.57 Å². The molecule has 3 aromatic rings. The smallest absolute Gasteiger partial charge is 0.213 e. The van der Waals surface area contributed by atoms with E-state index in [1.165, 1.54) is 92.4 Å². The minimum atomic E-state index is -0.0670. The third kappa shape index (κ3) is 3.33. The van der Waals surface area contributed by atoms with Gasteiger partial charge >= 0.3 is 0 Å². The van der Waals surface area contributed by atoms with Crippen molar-refractivity contribution in [1.29, 1.82) is 0 Å². The Kier molecular flexibility index (Phi) is 5.71. The highest BCUT2D eigenvalue weighted by molar-refractivity contribution is 5.55. The van der Waals surface area contributed by atoms with E-state index in [4.69, 9.17) is 0 Å². The van der Waals surface area contributed by atoms with E-state index in [-0.39, 0.29) is 5.54 Å². The first-order valence-corrected chi connectivity index (χ1v) is 13.7. The topological polar surface area (TPSA) is 8.81 Å². The first kappa shape index (κ1) is 21.9. The molecular weight excluding hydrogens is 412 g/mol. The normalized spacial score (nSPS) is 23.4. The third-order valence-corrected chi connectivity index (χ3v) is 9.06. The van der Waals surface area contributed by atoms with Crippen LogP contribution >= 0.6 is 0 Å². The molecule has 3 aliphatic rings. The average Bonchev–Trinajstić information content (AvgIpc) is 3.43. The Labute approximate surface area is 205 Å². The quantitative estimate of drug-likeness (QED) is 0.358. The Morgan fingerprint density at radius 1 is 0.765 bits per heavy atom. The molecule has 34 heavy (non-hydrogen) atoms. The van der Waals surface area contributed by atoms with Crippen molar-refractivity contribution in [2.45, 2.75) is 89.5 Å². The van der Waals surface area contributed by atoms with Crippen LogP contribution in [0.15, 0.2) is 60.7 Å². The summed E-state index contributed by atoms with van der Waals surface area (Å²) >= 11 is 0. The van der Waals surface area contributed by atoms with Crippen LogP contribution in [0.2, 0.25) is 0 Å². The molecule has 0 spiro atoms. The van der Waals surface area contributed by atoms with Gasteiger partial charge < -0.3 is 0 Å². The fraction of sp³-hybridized carbons (Fsp3) is 0.469. The summed E-state index contributed by atoms with van der Waals surface area (Å²) in [5, 5.41) is 0. The SMILES string of the molecule is Cc1ccccc1-n1c(C)c2[n+](c1C1CCCCC1)C(c1ccccc1)(C1CCCCC1)C=C2. The molecule has 176 valence electrons. The molecular formula is C32H39N2+. The molecule has 2 fully saturated rings. The van der Waals surface area contributed by atoms with Gasteiger partial charge in [0, 0.05) is 18.4 Å². The van der Waals surface area contributed by atoms with E-state index < -0.39 is 0 Å². The van der Waals surface area contributed by atoms with Gasteiger partial charge in [0.2, 0.25) is 0 Å². The summed E-state index contributed by atoms with van der Waals surface area (Å²) in [5.74, 6) is 2.83. The van der Waals surface area contributed by atoms with Gasteiger partial charge in [-0.05, 0) is 56.4 Å². The maximum Gasteiger partial charge on any atom is 0.266 e. The molecule has 1 unspecified atom stereocenters. The Morgan fingerprint density at radius 3 is 2.12 bits per heavy atom. The molecule has 2 heterocycles. The molecule has 0 bridgehead atoms. The second kappa shape index (κ2) is 8.87. The minimum absolute atomic E-state index is 0.0670. The summed E-state index contributed by atoms with van der Waals surface area (Å²) in [5.41, 5.74) is 6.96. The molecule has 0 saturated heterocycles. The number of rotatable bonds is 4. The molecule has 1 atom stereocenters. The standard InChI is InChI=1S/C32H39N2/c1-24-14-12-13-21-29(24)33-25(2)30-22-23-32(27-17-8-4-9-18-27,28-19-10-5-11-20-28)34(30)31(33)26-15-6-3-7-16-26/h4,8-9,12-14,17-18,21-23,26,28H,3,5-7,10-11,15-16,19-20H2,1-2H3/q+1. The van der Waals surface area contributed by atoms with Crippen molar-refractivity contribution in [3.8, 4) is 5.69 Å². The highest BCUT2D eigenvalue weighted by Gasteiger charge is 2.53. The number of imidazole rings is 1. The second-order valence-electron chi connectivity index (χ2n) is 11.0. The predicted molar refractivity (Wildman–Crippen MR) is 140 cm³/mol. The number of hydrogen-bond donors (Lipinski definition) is 0. The average molecular weight is 452 g/mol. The van der Waals surface area contributed by atoms with Crippen molar-refractivity contribution in [2.75, 3.05) is 0 Å². The largest absolute Gasteiger partial charge is 0.266 e. The molecule has 2 heteroatoms. The fourth-order valence-corrected chi connectivity index (χ4v) is 7.41. The minimum Gasteiger partial charge on any atom is -0.213 e. The van der Waals surface area contributed by atoms with Gasteiger partial charge in [-0.2, -0.15) is 4.57 Å². The van der Waals surface area contributed by atoms with Gasteiger partial charge in [-0.1, -0.05) is 87.1 Å². The van der Waals surface area contributed by atoms with E-state index in [1.54, 1.807) is 5.82 Å². The van der Waals surface area contributed by atoms with Crippen molar-refractivity contribution in [3.05, 3.63) is 89.0 Å². The van der Waals surface area contributed by atoms with Crippen molar-refractivity contribution in [1.82, 2.24) is 4.57 Å². The van der Waals surface area contributed by atoms with Crippen LogP contribution in [0, 0.1) is 19.8 Å². The summed E-state index contributed by atoms with van der Waals surface area (Å²) in [7, 11) is 0. The van der Waals surface area contributed by atoms with Gasteiger partial charge in [-0.3, -0.25) is 0 Å². The van der Waals surface area contributed by atoms with Gasteiger partial charge in [0.1, 0.15) is 5.69 Å². The zero-order valence-corrected chi connectivity index (χ0v) is 21.0. The van der Waals surface area contributed by atoms with Crippen LogP contribution in [-0.2, 0) is 5.54 Å². The maximum absolute atomic E-state index is 2.84. The van der Waals surface area contributed by atoms with Crippen LogP contribution in [0.1, 0.15) is 98.5 Å². The molecule has 0 amide bonds. The number of allylic oxidation sites excluding steroid dienone is 1. The van der Waals surface area contributed by atoms with E-state index >= 15 is 0 Å². The number of para-hydroxylation sites is 1. The highest BCUT2D eigenvalue weighted by atomic mass is 15.2. The van der Waals surface area contributed by atoms with Crippen LogP contribution in [0.25, 0.3) is 11.8 Å². The zero-order valence-electron chi connectivity index (χ0n) is 21.0. The second-order valence-corrected chi connectivity index (χ2v) is 11.0. The summed E-state index contributed by atoms with van der Waals surface area (Å²) in [6, 6.07) is 20.5. The lowest BCUT2D eigenvalue weighted by molar-refractivity contribution is -0.755. The number of benzene rings is 2. The number of hydrogen-bond acceptors (Lipinski definition) is 0. The van der Waals surface area contributed by atoms with Gasteiger partial charge in [0.25, 0.3) is 5.82 Å². The number of fused-ring (bicyclic) bond motifs is 1. The van der Waals surface area contributed by atoms with Crippen LogP contribution in [0.5, 0.6) is 0 Å². The molecule has 2 aromatic carbocycles. The molecule has 2 saturated carbocycles. The molecule has 0 radical (unpaired) electrons. The first-order valence-electron chi connectivity index (χ1n) is 13.7. The van der Waals surface area contributed by atoms with Gasteiger partial charge in [-0.15, -0.1) is 0 Å². The number of nitrogens with zero attached hydrogens (tertiary/aromatic N) is 2. The molecule has 6 rings (SSSR count).